The topological polar surface area (TPSA) is 106 Å². The summed E-state index contributed by atoms with van der Waals surface area (Å²) in [5.41, 5.74) is 3.48. The maximum absolute atomic E-state index is 13.2. The van der Waals surface area contributed by atoms with Crippen LogP contribution in [0.3, 0.4) is 0 Å². The number of halogens is 1. The molecule has 1 atom stereocenters. The van der Waals surface area contributed by atoms with E-state index >= 15 is 0 Å². The van der Waals surface area contributed by atoms with Gasteiger partial charge in [-0.25, -0.2) is 9.37 Å². The SMILES string of the molecule is COc1ccc(-c2cc(CN3CCN(CC(O)COc4ccc5oc(-c6ccc(F)cc6)nc5c4)CC3)on2)c(OC)c1. The zero-order valence-electron chi connectivity index (χ0n) is 24.0. The number of hydrogen-bond donors (Lipinski definition) is 1. The van der Waals surface area contributed by atoms with Gasteiger partial charge in [0.2, 0.25) is 5.89 Å². The number of piperazine rings is 1. The maximum atomic E-state index is 13.2. The Balaban J connectivity index is 0.964. The quantitative estimate of drug-likeness (QED) is 0.230. The molecule has 11 heteroatoms. The molecule has 5 aromatic rings. The summed E-state index contributed by atoms with van der Waals surface area (Å²) in [4.78, 5) is 9.03. The number of aliphatic hydroxyl groups is 1. The van der Waals surface area contributed by atoms with Gasteiger partial charge >= 0.3 is 0 Å². The molecule has 0 amide bonds. The molecule has 0 spiro atoms. The molecule has 6 rings (SSSR count). The molecule has 0 saturated carbocycles. The maximum Gasteiger partial charge on any atom is 0.227 e. The summed E-state index contributed by atoms with van der Waals surface area (Å²) in [7, 11) is 3.23. The van der Waals surface area contributed by atoms with Gasteiger partial charge in [0, 0.05) is 62.0 Å². The van der Waals surface area contributed by atoms with Gasteiger partial charge < -0.3 is 28.3 Å². The van der Waals surface area contributed by atoms with Gasteiger partial charge in [-0.1, -0.05) is 5.16 Å². The minimum Gasteiger partial charge on any atom is -0.497 e. The van der Waals surface area contributed by atoms with Crippen molar-refractivity contribution in [3.8, 4) is 40.0 Å². The molecule has 224 valence electrons. The van der Waals surface area contributed by atoms with E-state index in [1.54, 1.807) is 44.6 Å². The molecule has 1 fully saturated rings. The molecule has 43 heavy (non-hydrogen) atoms. The summed E-state index contributed by atoms with van der Waals surface area (Å²) in [5.74, 6) is 2.85. The van der Waals surface area contributed by atoms with Gasteiger partial charge in [-0.15, -0.1) is 0 Å². The largest absolute Gasteiger partial charge is 0.497 e. The first-order chi connectivity index (χ1) is 21.0. The number of benzene rings is 3. The number of oxazole rings is 1. The first-order valence-corrected chi connectivity index (χ1v) is 14.1. The number of fused-ring (bicyclic) bond motifs is 1. The minimum absolute atomic E-state index is 0.157. The summed E-state index contributed by atoms with van der Waals surface area (Å²) >= 11 is 0. The molecular weight excluding hydrogens is 555 g/mol. The van der Waals surface area contributed by atoms with Crippen LogP contribution in [0.15, 0.2) is 75.7 Å². The van der Waals surface area contributed by atoms with E-state index in [9.17, 15) is 9.50 Å². The Morgan fingerprint density at radius 3 is 2.44 bits per heavy atom. The number of rotatable bonds is 11. The first kappa shape index (κ1) is 28.7. The van der Waals surface area contributed by atoms with Crippen LogP contribution < -0.4 is 14.2 Å². The van der Waals surface area contributed by atoms with Crippen LogP contribution in [0.1, 0.15) is 5.76 Å². The second-order valence-corrected chi connectivity index (χ2v) is 10.4. The Morgan fingerprint density at radius 2 is 1.67 bits per heavy atom. The zero-order valence-corrected chi connectivity index (χ0v) is 24.0. The van der Waals surface area contributed by atoms with Gasteiger partial charge in [-0.2, -0.15) is 0 Å². The molecule has 1 saturated heterocycles. The molecule has 3 heterocycles. The van der Waals surface area contributed by atoms with Crippen molar-refractivity contribution in [1.82, 2.24) is 19.9 Å². The normalized spacial score (nSPS) is 15.1. The number of methoxy groups -OCH3 is 2. The van der Waals surface area contributed by atoms with Gasteiger partial charge in [0.05, 0.1) is 20.8 Å². The Bertz CT molecular complexity index is 1660. The van der Waals surface area contributed by atoms with Crippen molar-refractivity contribution >= 4 is 11.1 Å². The average molecular weight is 589 g/mol. The van der Waals surface area contributed by atoms with Crippen molar-refractivity contribution in [2.45, 2.75) is 12.6 Å². The molecule has 2 aromatic heterocycles. The van der Waals surface area contributed by atoms with E-state index in [1.807, 2.05) is 24.3 Å². The van der Waals surface area contributed by atoms with Gasteiger partial charge in [-0.05, 0) is 48.5 Å². The fourth-order valence-electron chi connectivity index (χ4n) is 5.13. The molecule has 1 aliphatic heterocycles. The highest BCUT2D eigenvalue weighted by atomic mass is 19.1. The standard InChI is InChI=1S/C32H33FN4O6/c1-39-24-7-9-27(31(17-24)40-2)28-16-26(43-35-28)19-37-13-11-36(12-14-37)18-23(38)20-41-25-8-10-30-29(15-25)34-32(42-30)21-3-5-22(33)6-4-21/h3-10,15-17,23,38H,11-14,18-20H2,1-2H3. The Labute approximate surface area is 248 Å². The van der Waals surface area contributed by atoms with Crippen molar-refractivity contribution in [2.24, 2.45) is 0 Å². The number of hydrogen-bond acceptors (Lipinski definition) is 10. The summed E-state index contributed by atoms with van der Waals surface area (Å²) in [5, 5.41) is 14.9. The lowest BCUT2D eigenvalue weighted by molar-refractivity contribution is 0.0430. The summed E-state index contributed by atoms with van der Waals surface area (Å²) in [6.07, 6.45) is -0.648. The lowest BCUT2D eigenvalue weighted by Gasteiger charge is -2.35. The number of nitrogens with zero attached hydrogens (tertiary/aromatic N) is 4. The van der Waals surface area contributed by atoms with Crippen molar-refractivity contribution in [3.05, 3.63) is 78.3 Å². The van der Waals surface area contributed by atoms with Crippen molar-refractivity contribution in [3.63, 3.8) is 0 Å². The van der Waals surface area contributed by atoms with Crippen LogP contribution in [0.25, 0.3) is 33.8 Å². The smallest absolute Gasteiger partial charge is 0.227 e. The highest BCUT2D eigenvalue weighted by Gasteiger charge is 2.22. The second-order valence-electron chi connectivity index (χ2n) is 10.4. The molecule has 1 aliphatic rings. The van der Waals surface area contributed by atoms with Gasteiger partial charge in [0.15, 0.2) is 11.3 Å². The summed E-state index contributed by atoms with van der Waals surface area (Å²) in [6, 6.07) is 18.9. The molecule has 0 aliphatic carbocycles. The van der Waals surface area contributed by atoms with Crippen LogP contribution in [0.2, 0.25) is 0 Å². The number of ether oxygens (including phenoxy) is 3. The van der Waals surface area contributed by atoms with Crippen LogP contribution in [0.5, 0.6) is 17.2 Å². The highest BCUT2D eigenvalue weighted by Crippen LogP contribution is 2.33. The van der Waals surface area contributed by atoms with Crippen molar-refractivity contribution in [1.29, 1.82) is 0 Å². The monoisotopic (exact) mass is 588 g/mol. The van der Waals surface area contributed by atoms with Crippen LogP contribution in [0, 0.1) is 5.82 Å². The van der Waals surface area contributed by atoms with Crippen LogP contribution in [0.4, 0.5) is 4.39 Å². The third-order valence-electron chi connectivity index (χ3n) is 7.45. The number of aliphatic hydroxyl groups excluding tert-OH is 1. The Morgan fingerprint density at radius 1 is 0.907 bits per heavy atom. The highest BCUT2D eigenvalue weighted by molar-refractivity contribution is 5.77. The van der Waals surface area contributed by atoms with E-state index in [0.29, 0.717) is 58.6 Å². The second kappa shape index (κ2) is 12.8. The first-order valence-electron chi connectivity index (χ1n) is 14.1. The fraction of sp³-hybridized carbons (Fsp3) is 0.312. The summed E-state index contributed by atoms with van der Waals surface area (Å²) in [6.45, 7) is 4.65. The predicted octanol–water partition coefficient (Wildman–Crippen LogP) is 4.86. The van der Waals surface area contributed by atoms with Crippen LogP contribution >= 0.6 is 0 Å². The summed E-state index contributed by atoms with van der Waals surface area (Å²) < 4.78 is 41.3. The van der Waals surface area contributed by atoms with Crippen molar-refractivity contribution in [2.75, 3.05) is 53.6 Å². The average Bonchev–Trinajstić information content (AvgIpc) is 3.68. The van der Waals surface area contributed by atoms with E-state index in [-0.39, 0.29) is 12.4 Å². The van der Waals surface area contributed by atoms with E-state index in [2.05, 4.69) is 19.9 Å². The predicted molar refractivity (Wildman–Crippen MR) is 158 cm³/mol. The van der Waals surface area contributed by atoms with Crippen LogP contribution in [-0.4, -0.2) is 84.7 Å². The molecular formula is C32H33FN4O6. The van der Waals surface area contributed by atoms with Crippen molar-refractivity contribution < 1.29 is 32.6 Å². The minimum atomic E-state index is -0.648. The molecule has 0 radical (unpaired) electrons. The molecule has 1 N–H and O–H groups in total. The Kier molecular flexibility index (Phi) is 8.55. The van der Waals surface area contributed by atoms with Gasteiger partial charge in [-0.3, -0.25) is 9.80 Å². The third-order valence-corrected chi connectivity index (χ3v) is 7.45. The van der Waals surface area contributed by atoms with E-state index in [1.165, 1.54) is 12.1 Å². The van der Waals surface area contributed by atoms with E-state index in [4.69, 9.17) is 23.2 Å². The lowest BCUT2D eigenvalue weighted by Crippen LogP contribution is -2.48. The van der Waals surface area contributed by atoms with Gasteiger partial charge in [0.25, 0.3) is 0 Å². The molecule has 0 bridgehead atoms. The lowest BCUT2D eigenvalue weighted by atomic mass is 10.1. The van der Waals surface area contributed by atoms with Crippen LogP contribution in [-0.2, 0) is 6.54 Å². The molecule has 10 nitrogen and oxygen atoms in total. The molecule has 1 unspecified atom stereocenters. The number of aromatic nitrogens is 2. The van der Waals surface area contributed by atoms with Gasteiger partial charge in [0.1, 0.15) is 47.0 Å². The number of β-amino-alcohol motifs (C(OH)–C–C–N with tert-alkyl or cyclic N) is 1. The molecule has 3 aromatic carbocycles. The third kappa shape index (κ3) is 6.80. The fourth-order valence-corrected chi connectivity index (χ4v) is 5.13. The zero-order chi connectivity index (χ0) is 29.8. The van der Waals surface area contributed by atoms with E-state index in [0.717, 1.165) is 37.5 Å². The van der Waals surface area contributed by atoms with E-state index < -0.39 is 6.10 Å². The Hall–Kier alpha value is -4.45.